The number of aryl methyl sites for hydroxylation is 1. The SMILES string of the molecule is CCn1cc(N)cc1C(=O)N1CCCC1C(C)C. The molecule has 1 aliphatic rings. The van der Waals surface area contributed by atoms with Crippen molar-refractivity contribution in [3.63, 3.8) is 0 Å². The summed E-state index contributed by atoms with van der Waals surface area (Å²) in [7, 11) is 0. The third-order valence-corrected chi connectivity index (χ3v) is 3.81. The first-order valence-electron chi connectivity index (χ1n) is 6.81. The lowest BCUT2D eigenvalue weighted by Gasteiger charge is -2.28. The molecule has 1 atom stereocenters. The average Bonchev–Trinajstić information content (AvgIpc) is 2.93. The number of nitrogen functional groups attached to an aromatic ring is 1. The van der Waals surface area contributed by atoms with Gasteiger partial charge in [0, 0.05) is 25.3 Å². The number of hydrogen-bond donors (Lipinski definition) is 1. The minimum Gasteiger partial charge on any atom is -0.397 e. The first kappa shape index (κ1) is 13.0. The molecule has 0 saturated carbocycles. The summed E-state index contributed by atoms with van der Waals surface area (Å²) in [6, 6.07) is 2.17. The van der Waals surface area contributed by atoms with Crippen LogP contribution in [0.25, 0.3) is 0 Å². The Morgan fingerprint density at radius 2 is 2.28 bits per heavy atom. The number of anilines is 1. The van der Waals surface area contributed by atoms with E-state index in [1.165, 1.54) is 0 Å². The zero-order chi connectivity index (χ0) is 13.3. The average molecular weight is 249 g/mol. The fourth-order valence-electron chi connectivity index (χ4n) is 2.86. The number of nitrogens with zero attached hydrogens (tertiary/aromatic N) is 2. The van der Waals surface area contributed by atoms with Gasteiger partial charge < -0.3 is 15.2 Å². The second-order valence-electron chi connectivity index (χ2n) is 5.40. The molecule has 1 aromatic heterocycles. The molecular weight excluding hydrogens is 226 g/mol. The molecule has 0 spiro atoms. The van der Waals surface area contributed by atoms with Gasteiger partial charge in [-0.2, -0.15) is 0 Å². The van der Waals surface area contributed by atoms with E-state index in [0.29, 0.717) is 17.6 Å². The highest BCUT2D eigenvalue weighted by Crippen LogP contribution is 2.26. The minimum absolute atomic E-state index is 0.129. The summed E-state index contributed by atoms with van der Waals surface area (Å²) in [5, 5.41) is 0. The molecule has 2 N–H and O–H groups in total. The van der Waals surface area contributed by atoms with Crippen molar-refractivity contribution in [2.75, 3.05) is 12.3 Å². The van der Waals surface area contributed by atoms with Gasteiger partial charge in [-0.15, -0.1) is 0 Å². The Hall–Kier alpha value is -1.45. The molecule has 4 heteroatoms. The molecule has 1 aliphatic heterocycles. The highest BCUT2D eigenvalue weighted by Gasteiger charge is 2.32. The van der Waals surface area contributed by atoms with Crippen LogP contribution in [-0.4, -0.2) is 28.0 Å². The molecule has 0 radical (unpaired) electrons. The van der Waals surface area contributed by atoms with Crippen LogP contribution in [0.4, 0.5) is 5.69 Å². The molecule has 18 heavy (non-hydrogen) atoms. The van der Waals surface area contributed by atoms with Crippen molar-refractivity contribution in [3.8, 4) is 0 Å². The van der Waals surface area contributed by atoms with E-state index in [1.807, 2.05) is 22.6 Å². The summed E-state index contributed by atoms with van der Waals surface area (Å²) in [4.78, 5) is 14.6. The third kappa shape index (κ3) is 2.24. The number of amides is 1. The molecule has 2 heterocycles. The van der Waals surface area contributed by atoms with Gasteiger partial charge in [0.15, 0.2) is 0 Å². The molecule has 1 aromatic rings. The van der Waals surface area contributed by atoms with Crippen molar-refractivity contribution in [2.24, 2.45) is 5.92 Å². The van der Waals surface area contributed by atoms with Crippen LogP contribution in [0, 0.1) is 5.92 Å². The van der Waals surface area contributed by atoms with Crippen LogP contribution in [0.5, 0.6) is 0 Å². The van der Waals surface area contributed by atoms with Gasteiger partial charge in [-0.05, 0) is 31.7 Å². The van der Waals surface area contributed by atoms with Crippen LogP contribution in [0.1, 0.15) is 44.1 Å². The Balaban J connectivity index is 2.25. The molecule has 4 nitrogen and oxygen atoms in total. The highest BCUT2D eigenvalue weighted by molar-refractivity contribution is 5.94. The number of carbonyl (C=O) groups excluding carboxylic acids is 1. The van der Waals surface area contributed by atoms with E-state index in [4.69, 9.17) is 5.73 Å². The Morgan fingerprint density at radius 3 is 2.89 bits per heavy atom. The molecule has 1 amide bonds. The lowest BCUT2D eigenvalue weighted by molar-refractivity contribution is 0.0690. The van der Waals surface area contributed by atoms with Gasteiger partial charge in [-0.3, -0.25) is 4.79 Å². The highest BCUT2D eigenvalue weighted by atomic mass is 16.2. The largest absolute Gasteiger partial charge is 0.397 e. The Bertz CT molecular complexity index is 436. The number of likely N-dealkylation sites (tertiary alicyclic amines) is 1. The van der Waals surface area contributed by atoms with E-state index in [2.05, 4.69) is 13.8 Å². The first-order valence-corrected chi connectivity index (χ1v) is 6.81. The summed E-state index contributed by atoms with van der Waals surface area (Å²) in [6.45, 7) is 8.04. The van der Waals surface area contributed by atoms with Crippen molar-refractivity contribution in [1.82, 2.24) is 9.47 Å². The van der Waals surface area contributed by atoms with E-state index in [1.54, 1.807) is 6.07 Å². The van der Waals surface area contributed by atoms with Crippen molar-refractivity contribution in [3.05, 3.63) is 18.0 Å². The number of nitrogens with two attached hydrogens (primary N) is 1. The molecule has 100 valence electrons. The predicted molar refractivity (Wildman–Crippen MR) is 73.4 cm³/mol. The van der Waals surface area contributed by atoms with Crippen molar-refractivity contribution < 1.29 is 4.79 Å². The number of rotatable bonds is 3. The van der Waals surface area contributed by atoms with Crippen molar-refractivity contribution >= 4 is 11.6 Å². The van der Waals surface area contributed by atoms with Crippen molar-refractivity contribution in [2.45, 2.75) is 46.2 Å². The monoisotopic (exact) mass is 249 g/mol. The molecule has 0 bridgehead atoms. The molecule has 2 rings (SSSR count). The van der Waals surface area contributed by atoms with E-state index in [-0.39, 0.29) is 5.91 Å². The summed E-state index contributed by atoms with van der Waals surface area (Å²) >= 11 is 0. The van der Waals surface area contributed by atoms with E-state index in [9.17, 15) is 4.79 Å². The van der Waals surface area contributed by atoms with Crippen LogP contribution in [0.15, 0.2) is 12.3 Å². The van der Waals surface area contributed by atoms with Crippen LogP contribution < -0.4 is 5.73 Å². The standard InChI is InChI=1S/C14H23N3O/c1-4-16-9-11(15)8-13(16)14(18)17-7-5-6-12(17)10(2)3/h8-10,12H,4-7,15H2,1-3H3. The maximum Gasteiger partial charge on any atom is 0.270 e. The second-order valence-corrected chi connectivity index (χ2v) is 5.40. The molecule has 1 saturated heterocycles. The fraction of sp³-hybridized carbons (Fsp3) is 0.643. The molecule has 1 unspecified atom stereocenters. The van der Waals surface area contributed by atoms with Gasteiger partial charge in [0.2, 0.25) is 0 Å². The van der Waals surface area contributed by atoms with Gasteiger partial charge >= 0.3 is 0 Å². The molecular formula is C14H23N3O. The van der Waals surface area contributed by atoms with Gasteiger partial charge in [0.05, 0.1) is 5.69 Å². The maximum absolute atomic E-state index is 12.6. The van der Waals surface area contributed by atoms with Gasteiger partial charge in [0.25, 0.3) is 5.91 Å². The lowest BCUT2D eigenvalue weighted by Crippen LogP contribution is -2.39. The number of carbonyl (C=O) groups is 1. The zero-order valence-corrected chi connectivity index (χ0v) is 11.5. The Labute approximate surface area is 109 Å². The number of hydrogen-bond acceptors (Lipinski definition) is 2. The number of aromatic nitrogens is 1. The van der Waals surface area contributed by atoms with Crippen LogP contribution in [0.2, 0.25) is 0 Å². The molecule has 1 fully saturated rings. The smallest absolute Gasteiger partial charge is 0.270 e. The summed E-state index contributed by atoms with van der Waals surface area (Å²) in [5.74, 6) is 0.642. The van der Waals surface area contributed by atoms with E-state index < -0.39 is 0 Å². The summed E-state index contributed by atoms with van der Waals surface area (Å²) in [6.07, 6.45) is 4.07. The first-order chi connectivity index (χ1) is 8.54. The molecule has 0 aliphatic carbocycles. The van der Waals surface area contributed by atoms with E-state index in [0.717, 1.165) is 31.6 Å². The second kappa shape index (κ2) is 5.04. The quantitative estimate of drug-likeness (QED) is 0.894. The van der Waals surface area contributed by atoms with Gasteiger partial charge in [0.1, 0.15) is 5.69 Å². The zero-order valence-electron chi connectivity index (χ0n) is 11.5. The summed E-state index contributed by atoms with van der Waals surface area (Å²) < 4.78 is 1.94. The normalized spacial score (nSPS) is 19.8. The van der Waals surface area contributed by atoms with E-state index >= 15 is 0 Å². The Kier molecular flexibility index (Phi) is 3.64. The molecule has 0 aromatic carbocycles. The third-order valence-electron chi connectivity index (χ3n) is 3.81. The predicted octanol–water partition coefficient (Wildman–Crippen LogP) is 2.35. The van der Waals surface area contributed by atoms with Gasteiger partial charge in [-0.25, -0.2) is 0 Å². The van der Waals surface area contributed by atoms with Crippen LogP contribution in [0.3, 0.4) is 0 Å². The maximum atomic E-state index is 12.6. The minimum atomic E-state index is 0.129. The fourth-order valence-corrected chi connectivity index (χ4v) is 2.86. The lowest BCUT2D eigenvalue weighted by atomic mass is 10.0. The summed E-state index contributed by atoms with van der Waals surface area (Å²) in [5.41, 5.74) is 7.19. The topological polar surface area (TPSA) is 51.3 Å². The van der Waals surface area contributed by atoms with Crippen LogP contribution >= 0.6 is 0 Å². The van der Waals surface area contributed by atoms with Crippen molar-refractivity contribution in [1.29, 1.82) is 0 Å². The van der Waals surface area contributed by atoms with Gasteiger partial charge in [-0.1, -0.05) is 13.8 Å². The Morgan fingerprint density at radius 1 is 1.56 bits per heavy atom. The van der Waals surface area contributed by atoms with Crippen LogP contribution in [-0.2, 0) is 6.54 Å².